The fourth-order valence-electron chi connectivity index (χ4n) is 2.20. The Kier molecular flexibility index (Phi) is 3.58. The molecule has 1 N–H and O–H groups in total. The Bertz CT molecular complexity index is 797. The first-order valence-corrected chi connectivity index (χ1v) is 6.88. The lowest BCUT2D eigenvalue weighted by Gasteiger charge is -2.18. The van der Waals surface area contributed by atoms with Crippen LogP contribution in [0.25, 0.3) is 11.2 Å². The first kappa shape index (κ1) is 14.2. The van der Waals surface area contributed by atoms with Crippen LogP contribution in [0.15, 0.2) is 16.8 Å². The third-order valence-electron chi connectivity index (χ3n) is 3.17. The number of nitrogens with zero attached hydrogens (tertiary/aromatic N) is 6. The molecular formula is C14H17N7O. The van der Waals surface area contributed by atoms with E-state index in [1.54, 1.807) is 26.4 Å². The summed E-state index contributed by atoms with van der Waals surface area (Å²) < 4.78 is 5.50. The van der Waals surface area contributed by atoms with Gasteiger partial charge in [0.2, 0.25) is 5.95 Å². The zero-order valence-electron chi connectivity index (χ0n) is 13.0. The number of aromatic nitrogens is 5. The van der Waals surface area contributed by atoms with Gasteiger partial charge in [-0.05, 0) is 6.92 Å². The second-order valence-corrected chi connectivity index (χ2v) is 5.00. The molecule has 3 rings (SSSR count). The van der Waals surface area contributed by atoms with Crippen LogP contribution in [0.2, 0.25) is 0 Å². The fourth-order valence-corrected chi connectivity index (χ4v) is 2.20. The lowest BCUT2D eigenvalue weighted by Crippen LogP contribution is -2.19. The first-order chi connectivity index (χ1) is 10.6. The molecule has 0 fully saturated rings. The molecule has 0 atom stereocenters. The third kappa shape index (κ3) is 2.67. The molecule has 0 aromatic carbocycles. The molecule has 3 aromatic heterocycles. The number of rotatable bonds is 4. The summed E-state index contributed by atoms with van der Waals surface area (Å²) in [5.41, 5.74) is 2.15. The molecule has 0 bridgehead atoms. The maximum absolute atomic E-state index is 5.50. The van der Waals surface area contributed by atoms with Gasteiger partial charge in [-0.15, -0.1) is 0 Å². The second kappa shape index (κ2) is 5.55. The summed E-state index contributed by atoms with van der Waals surface area (Å²) in [6.07, 6.45) is 3.57. The van der Waals surface area contributed by atoms with Gasteiger partial charge in [0, 0.05) is 45.5 Å². The lowest BCUT2D eigenvalue weighted by molar-refractivity contribution is 0.550. The smallest absolute Gasteiger partial charge is 0.252 e. The summed E-state index contributed by atoms with van der Waals surface area (Å²) in [6.45, 7) is 4.24. The number of fused-ring (bicyclic) bond motifs is 1. The van der Waals surface area contributed by atoms with Gasteiger partial charge in [0.25, 0.3) is 5.71 Å². The second-order valence-electron chi connectivity index (χ2n) is 5.00. The van der Waals surface area contributed by atoms with Crippen LogP contribution in [0.5, 0.6) is 0 Å². The van der Waals surface area contributed by atoms with Crippen molar-refractivity contribution in [3.63, 3.8) is 0 Å². The van der Waals surface area contributed by atoms with Gasteiger partial charge in [0.05, 0.1) is 0 Å². The van der Waals surface area contributed by atoms with Crippen molar-refractivity contribution in [3.05, 3.63) is 29.7 Å². The van der Waals surface area contributed by atoms with Crippen LogP contribution in [-0.2, 0) is 6.54 Å². The predicted octanol–water partition coefficient (Wildman–Crippen LogP) is 1.70. The van der Waals surface area contributed by atoms with E-state index in [1.807, 2.05) is 18.9 Å². The van der Waals surface area contributed by atoms with Crippen LogP contribution in [0, 0.1) is 13.8 Å². The lowest BCUT2D eigenvalue weighted by atomic mass is 10.3. The minimum absolute atomic E-state index is 0.508. The van der Waals surface area contributed by atoms with Crippen molar-refractivity contribution >= 4 is 23.0 Å². The van der Waals surface area contributed by atoms with Crippen LogP contribution in [-0.4, -0.2) is 39.0 Å². The summed E-state index contributed by atoms with van der Waals surface area (Å²) >= 11 is 0. The maximum atomic E-state index is 5.50. The number of nitrogens with one attached hydrogen (secondary N) is 1. The highest BCUT2D eigenvalue weighted by atomic mass is 16.4. The molecule has 0 spiro atoms. The van der Waals surface area contributed by atoms with E-state index in [2.05, 4.69) is 30.2 Å². The van der Waals surface area contributed by atoms with Crippen molar-refractivity contribution in [1.29, 1.82) is 0 Å². The molecule has 3 aromatic rings. The highest BCUT2D eigenvalue weighted by Gasteiger charge is 2.16. The van der Waals surface area contributed by atoms with Gasteiger partial charge in [0.15, 0.2) is 17.2 Å². The molecule has 0 saturated carbocycles. The minimum atomic E-state index is 0.508. The Balaban J connectivity index is 1.92. The molecule has 8 nitrogen and oxygen atoms in total. The molecule has 0 amide bonds. The molecule has 0 aliphatic rings. The molecule has 0 aliphatic carbocycles. The highest BCUT2D eigenvalue weighted by Crippen LogP contribution is 2.24. The number of anilines is 2. The molecule has 3 heterocycles. The monoisotopic (exact) mass is 299 g/mol. The van der Waals surface area contributed by atoms with E-state index in [-0.39, 0.29) is 0 Å². The zero-order chi connectivity index (χ0) is 15.7. The summed E-state index contributed by atoms with van der Waals surface area (Å²) in [4.78, 5) is 23.5. The van der Waals surface area contributed by atoms with Crippen LogP contribution >= 0.6 is 0 Å². The van der Waals surface area contributed by atoms with E-state index in [0.29, 0.717) is 35.4 Å². The Hall–Kier alpha value is -2.77. The molecular weight excluding hydrogens is 282 g/mol. The quantitative estimate of drug-likeness (QED) is 0.778. The van der Waals surface area contributed by atoms with E-state index in [0.717, 1.165) is 11.4 Å². The van der Waals surface area contributed by atoms with Crippen LogP contribution in [0.1, 0.15) is 17.3 Å². The average Bonchev–Trinajstić information content (AvgIpc) is 2.87. The standard InChI is InChI=1S/C14H17N7O/c1-8-18-12(11-13(19-8)22-9(2)20-11)21(4)7-10-5-16-14(15-3)17-6-10/h5-6H,7H2,1-4H3,(H,15,16,17). The Labute approximate surface area is 127 Å². The topological polar surface area (TPSA) is 92.9 Å². The number of aryl methyl sites for hydroxylation is 2. The molecule has 22 heavy (non-hydrogen) atoms. The molecule has 114 valence electrons. The maximum Gasteiger partial charge on any atom is 0.252 e. The molecule has 0 saturated heterocycles. The largest absolute Gasteiger partial charge is 0.422 e. The Morgan fingerprint density at radius 3 is 2.55 bits per heavy atom. The van der Waals surface area contributed by atoms with Gasteiger partial charge < -0.3 is 14.6 Å². The summed E-state index contributed by atoms with van der Waals surface area (Å²) in [5, 5.41) is 2.89. The first-order valence-electron chi connectivity index (χ1n) is 6.88. The van der Waals surface area contributed by atoms with Crippen LogP contribution in [0.3, 0.4) is 0 Å². The summed E-state index contributed by atoms with van der Waals surface area (Å²) in [5.74, 6) is 2.55. The van der Waals surface area contributed by atoms with Crippen LogP contribution in [0.4, 0.5) is 11.8 Å². The van der Waals surface area contributed by atoms with Crippen molar-refractivity contribution in [2.75, 3.05) is 24.3 Å². The van der Waals surface area contributed by atoms with E-state index in [9.17, 15) is 0 Å². The molecule has 0 radical (unpaired) electrons. The van der Waals surface area contributed by atoms with E-state index in [1.165, 1.54) is 0 Å². The van der Waals surface area contributed by atoms with Crippen molar-refractivity contribution in [3.8, 4) is 0 Å². The predicted molar refractivity (Wildman–Crippen MR) is 82.8 cm³/mol. The van der Waals surface area contributed by atoms with Crippen molar-refractivity contribution in [2.45, 2.75) is 20.4 Å². The highest BCUT2D eigenvalue weighted by molar-refractivity contribution is 5.81. The van der Waals surface area contributed by atoms with Gasteiger partial charge in [-0.2, -0.15) is 4.98 Å². The molecule has 0 aliphatic heterocycles. The van der Waals surface area contributed by atoms with Crippen LogP contribution < -0.4 is 10.2 Å². The average molecular weight is 299 g/mol. The van der Waals surface area contributed by atoms with Gasteiger partial charge in [-0.3, -0.25) is 0 Å². The van der Waals surface area contributed by atoms with E-state index >= 15 is 0 Å². The Morgan fingerprint density at radius 2 is 1.86 bits per heavy atom. The summed E-state index contributed by atoms with van der Waals surface area (Å²) in [6, 6.07) is 0. The number of hydrogen-bond acceptors (Lipinski definition) is 8. The van der Waals surface area contributed by atoms with Crippen molar-refractivity contribution in [1.82, 2.24) is 24.9 Å². The van der Waals surface area contributed by atoms with Gasteiger partial charge >= 0.3 is 0 Å². The normalized spacial score (nSPS) is 10.9. The van der Waals surface area contributed by atoms with Gasteiger partial charge in [0.1, 0.15) is 5.82 Å². The zero-order valence-corrected chi connectivity index (χ0v) is 13.0. The SMILES string of the molecule is CNc1ncc(CN(C)c2nc(C)nc3oc(C)nc23)cn1. The molecule has 8 heteroatoms. The minimum Gasteiger partial charge on any atom is -0.422 e. The fraction of sp³-hybridized carbons (Fsp3) is 0.357. The molecule has 0 unspecified atom stereocenters. The third-order valence-corrected chi connectivity index (χ3v) is 3.17. The van der Waals surface area contributed by atoms with Gasteiger partial charge in [-0.1, -0.05) is 0 Å². The summed E-state index contributed by atoms with van der Waals surface area (Å²) in [7, 11) is 3.73. The number of oxazole rings is 1. The number of hydrogen-bond donors (Lipinski definition) is 1. The van der Waals surface area contributed by atoms with Crippen molar-refractivity contribution < 1.29 is 4.42 Å². The Morgan fingerprint density at radius 1 is 1.14 bits per heavy atom. The van der Waals surface area contributed by atoms with E-state index in [4.69, 9.17) is 4.42 Å². The van der Waals surface area contributed by atoms with Crippen molar-refractivity contribution in [2.24, 2.45) is 0 Å². The van der Waals surface area contributed by atoms with E-state index < -0.39 is 0 Å². The van der Waals surface area contributed by atoms with Gasteiger partial charge in [-0.25, -0.2) is 19.9 Å².